The molecule has 0 aromatic rings. The first-order valence-electron chi connectivity index (χ1n) is 7.35. The minimum Gasteiger partial charge on any atom is -0.342 e. The van der Waals surface area contributed by atoms with Gasteiger partial charge in [0.25, 0.3) is 0 Å². The smallest absolute Gasteiger partial charge is 0.342 e. The van der Waals surface area contributed by atoms with Crippen molar-refractivity contribution in [2.24, 2.45) is 5.92 Å². The van der Waals surface area contributed by atoms with E-state index in [0.717, 1.165) is 0 Å². The lowest BCUT2D eigenvalue weighted by atomic mass is 9.96. The van der Waals surface area contributed by atoms with Gasteiger partial charge in [0, 0.05) is 13.0 Å². The second kappa shape index (κ2) is 7.13. The molecule has 0 saturated carbocycles. The minimum atomic E-state index is -4.24. The maximum Gasteiger partial charge on any atom is 0.389 e. The molecule has 2 unspecified atom stereocenters. The van der Waals surface area contributed by atoms with Gasteiger partial charge in [0.1, 0.15) is 12.1 Å². The lowest BCUT2D eigenvalue weighted by Gasteiger charge is -2.40. The molecule has 0 aliphatic carbocycles. The van der Waals surface area contributed by atoms with Crippen LogP contribution in [-0.4, -0.2) is 41.5 Å². The number of hydrogen-bond donors (Lipinski definition) is 1. The Balaban J connectivity index is 2.79. The molecule has 122 valence electrons. The van der Waals surface area contributed by atoms with Gasteiger partial charge in [-0.05, 0) is 18.8 Å². The van der Waals surface area contributed by atoms with E-state index in [9.17, 15) is 22.8 Å². The van der Waals surface area contributed by atoms with Gasteiger partial charge in [-0.25, -0.2) is 0 Å². The van der Waals surface area contributed by atoms with E-state index in [1.165, 1.54) is 4.90 Å². The van der Waals surface area contributed by atoms with Crippen molar-refractivity contribution in [3.63, 3.8) is 0 Å². The van der Waals surface area contributed by atoms with Crippen molar-refractivity contribution < 1.29 is 22.8 Å². The number of piperazine rings is 1. The van der Waals surface area contributed by atoms with E-state index in [-0.39, 0.29) is 30.7 Å². The van der Waals surface area contributed by atoms with Crippen LogP contribution < -0.4 is 5.32 Å². The third-order valence-electron chi connectivity index (χ3n) is 3.61. The summed E-state index contributed by atoms with van der Waals surface area (Å²) in [7, 11) is 0. The lowest BCUT2D eigenvalue weighted by Crippen LogP contribution is -2.64. The number of alkyl halides is 3. The van der Waals surface area contributed by atoms with Gasteiger partial charge in [-0.2, -0.15) is 13.2 Å². The van der Waals surface area contributed by atoms with Crippen molar-refractivity contribution in [3.8, 4) is 0 Å². The van der Waals surface area contributed by atoms with Crippen LogP contribution in [0.2, 0.25) is 0 Å². The molecule has 1 N–H and O–H groups in total. The van der Waals surface area contributed by atoms with E-state index >= 15 is 0 Å². The van der Waals surface area contributed by atoms with Gasteiger partial charge in [-0.3, -0.25) is 9.59 Å². The highest BCUT2D eigenvalue weighted by Crippen LogP contribution is 2.24. The van der Waals surface area contributed by atoms with Crippen LogP contribution in [-0.2, 0) is 9.59 Å². The lowest BCUT2D eigenvalue weighted by molar-refractivity contribution is -0.153. The molecule has 21 heavy (non-hydrogen) atoms. The summed E-state index contributed by atoms with van der Waals surface area (Å²) < 4.78 is 36.8. The first kappa shape index (κ1) is 17.8. The molecule has 7 heteroatoms. The maximum atomic E-state index is 12.4. The van der Waals surface area contributed by atoms with Crippen LogP contribution in [0, 0.1) is 5.92 Å². The topological polar surface area (TPSA) is 49.4 Å². The quantitative estimate of drug-likeness (QED) is 0.819. The van der Waals surface area contributed by atoms with Crippen LogP contribution in [0.5, 0.6) is 0 Å². The zero-order chi connectivity index (χ0) is 16.2. The molecule has 1 fully saturated rings. The van der Waals surface area contributed by atoms with Crippen molar-refractivity contribution in [1.29, 1.82) is 0 Å². The summed E-state index contributed by atoms with van der Waals surface area (Å²) in [5, 5.41) is 2.68. The Hall–Kier alpha value is -1.27. The van der Waals surface area contributed by atoms with Crippen molar-refractivity contribution in [2.75, 3.05) is 6.54 Å². The summed E-state index contributed by atoms with van der Waals surface area (Å²) in [4.78, 5) is 25.8. The molecule has 1 saturated heterocycles. The Labute approximate surface area is 123 Å². The van der Waals surface area contributed by atoms with Crippen molar-refractivity contribution in [2.45, 2.75) is 64.7 Å². The van der Waals surface area contributed by atoms with E-state index in [0.29, 0.717) is 12.8 Å². The Morgan fingerprint density at radius 2 is 1.90 bits per heavy atom. The number of nitrogens with one attached hydrogen (secondary N) is 1. The molecule has 4 nitrogen and oxygen atoms in total. The molecular formula is C14H23F3N2O2. The zero-order valence-corrected chi connectivity index (χ0v) is 12.7. The van der Waals surface area contributed by atoms with E-state index in [4.69, 9.17) is 0 Å². The van der Waals surface area contributed by atoms with Gasteiger partial charge in [0.2, 0.25) is 11.8 Å². The van der Waals surface area contributed by atoms with E-state index in [1.54, 1.807) is 13.8 Å². The summed E-state index contributed by atoms with van der Waals surface area (Å²) in [6.45, 7) is 5.45. The predicted molar refractivity (Wildman–Crippen MR) is 72.5 cm³/mol. The van der Waals surface area contributed by atoms with Gasteiger partial charge in [0.05, 0.1) is 0 Å². The van der Waals surface area contributed by atoms with Crippen molar-refractivity contribution in [1.82, 2.24) is 10.2 Å². The van der Waals surface area contributed by atoms with Gasteiger partial charge in [0.15, 0.2) is 0 Å². The summed E-state index contributed by atoms with van der Waals surface area (Å²) in [6.07, 6.45) is -4.20. The fourth-order valence-electron chi connectivity index (χ4n) is 2.51. The normalized spacial score (nSPS) is 23.7. The average Bonchev–Trinajstić information content (AvgIpc) is 2.35. The molecule has 0 aromatic carbocycles. The Bertz CT molecular complexity index is 383. The molecule has 1 aliphatic rings. The number of nitrogens with zero attached hydrogens (tertiary/aromatic N) is 1. The van der Waals surface area contributed by atoms with Crippen LogP contribution in [0.3, 0.4) is 0 Å². The summed E-state index contributed by atoms with van der Waals surface area (Å²) in [6, 6.07) is -1.29. The molecule has 0 radical (unpaired) electrons. The highest BCUT2D eigenvalue weighted by Gasteiger charge is 2.41. The number of rotatable bonds is 6. The largest absolute Gasteiger partial charge is 0.389 e. The summed E-state index contributed by atoms with van der Waals surface area (Å²) in [5.41, 5.74) is 0. The van der Waals surface area contributed by atoms with Crippen LogP contribution in [0.25, 0.3) is 0 Å². The number of carbonyl (C=O) groups is 2. The summed E-state index contributed by atoms with van der Waals surface area (Å²) >= 11 is 0. The third kappa shape index (κ3) is 4.89. The van der Waals surface area contributed by atoms with Gasteiger partial charge in [-0.1, -0.05) is 27.2 Å². The van der Waals surface area contributed by atoms with E-state index in [2.05, 4.69) is 5.32 Å². The fourth-order valence-corrected chi connectivity index (χ4v) is 2.51. The van der Waals surface area contributed by atoms with Crippen LogP contribution in [0.4, 0.5) is 13.2 Å². The standard InChI is InChI=1S/C14H23F3N2O2/c1-4-6-10-12(20)18-11(9(2)3)13(21)19(10)8-5-7-14(15,16)17/h9-11H,4-8H2,1-3H3,(H,18,20). The van der Waals surface area contributed by atoms with Crippen LogP contribution >= 0.6 is 0 Å². The van der Waals surface area contributed by atoms with E-state index in [1.807, 2.05) is 6.92 Å². The first-order chi connectivity index (χ1) is 9.67. The molecular weight excluding hydrogens is 285 g/mol. The van der Waals surface area contributed by atoms with Crippen LogP contribution in [0.1, 0.15) is 46.5 Å². The van der Waals surface area contributed by atoms with E-state index < -0.39 is 24.7 Å². The van der Waals surface area contributed by atoms with Gasteiger partial charge < -0.3 is 10.2 Å². The Kier molecular flexibility index (Phi) is 6.04. The highest BCUT2D eigenvalue weighted by atomic mass is 19.4. The molecule has 2 amide bonds. The molecule has 1 aliphatic heterocycles. The number of amides is 2. The molecule has 0 spiro atoms. The predicted octanol–water partition coefficient (Wildman–Crippen LogP) is 2.48. The van der Waals surface area contributed by atoms with Gasteiger partial charge in [-0.15, -0.1) is 0 Å². The molecule has 0 bridgehead atoms. The van der Waals surface area contributed by atoms with Gasteiger partial charge >= 0.3 is 6.18 Å². The molecule has 2 atom stereocenters. The molecule has 0 aromatic heterocycles. The maximum absolute atomic E-state index is 12.4. The number of hydrogen-bond acceptors (Lipinski definition) is 2. The molecule has 1 rings (SSSR count). The second-order valence-corrected chi connectivity index (χ2v) is 5.79. The van der Waals surface area contributed by atoms with Crippen molar-refractivity contribution in [3.05, 3.63) is 0 Å². The number of halogens is 3. The Morgan fingerprint density at radius 3 is 2.38 bits per heavy atom. The van der Waals surface area contributed by atoms with Crippen LogP contribution in [0.15, 0.2) is 0 Å². The second-order valence-electron chi connectivity index (χ2n) is 5.79. The average molecular weight is 308 g/mol. The zero-order valence-electron chi connectivity index (χ0n) is 12.7. The molecule has 1 heterocycles. The monoisotopic (exact) mass is 308 g/mol. The SMILES string of the molecule is CCCC1C(=O)NC(C(C)C)C(=O)N1CCCC(F)(F)F. The third-order valence-corrected chi connectivity index (χ3v) is 3.61. The highest BCUT2D eigenvalue weighted by molar-refractivity contribution is 5.97. The number of carbonyl (C=O) groups excluding carboxylic acids is 2. The first-order valence-corrected chi connectivity index (χ1v) is 7.35. The fraction of sp³-hybridized carbons (Fsp3) is 0.857. The Morgan fingerprint density at radius 1 is 1.29 bits per heavy atom. The van der Waals surface area contributed by atoms with Crippen molar-refractivity contribution >= 4 is 11.8 Å². The summed E-state index contributed by atoms with van der Waals surface area (Å²) in [5.74, 6) is -0.624. The minimum absolute atomic E-state index is 0.0281.